The van der Waals surface area contributed by atoms with Gasteiger partial charge in [-0.2, -0.15) is 0 Å². The Hall–Kier alpha value is -6.46. The number of benzene rings is 4. The van der Waals surface area contributed by atoms with Crippen LogP contribution in [0.25, 0.3) is 0 Å². The van der Waals surface area contributed by atoms with Crippen molar-refractivity contribution < 1.29 is 59.4 Å². The van der Waals surface area contributed by atoms with Crippen molar-refractivity contribution in [3.8, 4) is 0 Å². The van der Waals surface area contributed by atoms with Crippen LogP contribution in [0.3, 0.4) is 0 Å². The molecule has 330 valence electrons. The summed E-state index contributed by atoms with van der Waals surface area (Å²) in [5, 5.41) is 62.8. The second-order valence-corrected chi connectivity index (χ2v) is 15.0. The van der Waals surface area contributed by atoms with Crippen LogP contribution in [0, 0.1) is 35.5 Å². The zero-order valence-corrected chi connectivity index (χ0v) is 34.1. The molecule has 4 aromatic carbocycles. The predicted octanol–water partition coefficient (Wildman–Crippen LogP) is 2.64. The first-order valence-corrected chi connectivity index (χ1v) is 20.2. The van der Waals surface area contributed by atoms with Gasteiger partial charge in [-0.15, -0.1) is 5.12 Å². The zero-order chi connectivity index (χ0) is 45.0. The maximum atomic E-state index is 14.7. The van der Waals surface area contributed by atoms with Gasteiger partial charge in [0.15, 0.2) is 0 Å². The molecule has 4 atom stereocenters. The molecule has 0 fully saturated rings. The number of carbonyl (C=O) groups is 6. The molecule has 0 saturated carbocycles. The number of hydrogen-bond acceptors (Lipinski definition) is 10. The molecule has 62 heavy (non-hydrogen) atoms. The minimum absolute atomic E-state index is 0.0498. The first-order valence-electron chi connectivity index (χ1n) is 20.2. The smallest absolute Gasteiger partial charge is 0.307 e. The van der Waals surface area contributed by atoms with E-state index in [4.69, 9.17) is 0 Å². The molecule has 16 nitrogen and oxygen atoms in total. The van der Waals surface area contributed by atoms with Crippen LogP contribution in [-0.2, 0) is 54.5 Å². The SMILES string of the molecule is O=C(O)C(Cc1ccccc1)C(C(=O)NN(CCN(CCO)CCO)NC(=O)C(C(Cc1ccccc1)C(=O)O)C(Cc1ccccc1)C(=O)O)C(Cc1ccccc1)C(=O)O. The lowest BCUT2D eigenvalue weighted by molar-refractivity contribution is -0.160. The molecule has 16 heteroatoms. The van der Waals surface area contributed by atoms with Crippen LogP contribution in [0.15, 0.2) is 121 Å². The third-order valence-electron chi connectivity index (χ3n) is 10.8. The van der Waals surface area contributed by atoms with Crippen molar-refractivity contribution in [3.63, 3.8) is 0 Å². The van der Waals surface area contributed by atoms with Gasteiger partial charge in [0, 0.05) is 19.6 Å². The van der Waals surface area contributed by atoms with E-state index >= 15 is 0 Å². The summed E-state index contributed by atoms with van der Waals surface area (Å²) in [7, 11) is 0. The van der Waals surface area contributed by atoms with Crippen molar-refractivity contribution in [1.29, 1.82) is 0 Å². The summed E-state index contributed by atoms with van der Waals surface area (Å²) < 4.78 is 0. The van der Waals surface area contributed by atoms with Crippen LogP contribution in [0.4, 0.5) is 0 Å². The number of nitrogens with one attached hydrogen (secondary N) is 2. The van der Waals surface area contributed by atoms with Gasteiger partial charge in [-0.3, -0.25) is 44.5 Å². The first-order chi connectivity index (χ1) is 29.8. The first kappa shape index (κ1) is 48.2. The van der Waals surface area contributed by atoms with Gasteiger partial charge < -0.3 is 30.6 Å². The lowest BCUT2D eigenvalue weighted by Gasteiger charge is -2.35. The molecule has 2 amide bonds. The molecule has 4 aromatic rings. The van der Waals surface area contributed by atoms with Crippen LogP contribution in [0.2, 0.25) is 0 Å². The maximum absolute atomic E-state index is 14.7. The number of aliphatic carboxylic acids is 4. The molecular weight excluding hydrogens is 801 g/mol. The molecule has 0 radical (unpaired) electrons. The molecule has 0 aliphatic rings. The van der Waals surface area contributed by atoms with E-state index in [1.54, 1.807) is 126 Å². The number of carbonyl (C=O) groups excluding carboxylic acids is 2. The summed E-state index contributed by atoms with van der Waals surface area (Å²) in [6.45, 7) is -0.961. The number of carboxylic acids is 4. The Morgan fingerprint density at radius 3 is 0.887 bits per heavy atom. The van der Waals surface area contributed by atoms with E-state index in [9.17, 15) is 59.4 Å². The van der Waals surface area contributed by atoms with Crippen LogP contribution in [0.5, 0.6) is 0 Å². The molecule has 4 unspecified atom stereocenters. The fourth-order valence-corrected chi connectivity index (χ4v) is 7.65. The zero-order valence-electron chi connectivity index (χ0n) is 34.1. The summed E-state index contributed by atoms with van der Waals surface area (Å²) in [5.74, 6) is -18.1. The third kappa shape index (κ3) is 14.6. The van der Waals surface area contributed by atoms with Crippen molar-refractivity contribution in [2.75, 3.05) is 39.4 Å². The molecule has 0 heterocycles. The van der Waals surface area contributed by atoms with E-state index in [1.165, 1.54) is 0 Å². The number of hydrazine groups is 2. The summed E-state index contributed by atoms with van der Waals surface area (Å²) in [4.78, 5) is 83.4. The van der Waals surface area contributed by atoms with Crippen molar-refractivity contribution in [2.24, 2.45) is 35.5 Å². The molecule has 0 spiro atoms. The number of hydrogen-bond donors (Lipinski definition) is 8. The number of rotatable bonds is 27. The molecular formula is C46H54N4O12. The Labute approximate surface area is 359 Å². The second kappa shape index (κ2) is 24.7. The minimum Gasteiger partial charge on any atom is -0.481 e. The summed E-state index contributed by atoms with van der Waals surface area (Å²) in [5.41, 5.74) is 7.05. The van der Waals surface area contributed by atoms with Crippen LogP contribution in [0.1, 0.15) is 22.3 Å². The average Bonchev–Trinajstić information content (AvgIpc) is 3.25. The minimum atomic E-state index is -1.78. The highest BCUT2D eigenvalue weighted by Crippen LogP contribution is 2.31. The topological polar surface area (TPSA) is 254 Å². The van der Waals surface area contributed by atoms with E-state index in [0.717, 1.165) is 5.12 Å². The van der Waals surface area contributed by atoms with E-state index in [-0.39, 0.29) is 65.1 Å². The average molecular weight is 855 g/mol. The van der Waals surface area contributed by atoms with Gasteiger partial charge >= 0.3 is 23.9 Å². The van der Waals surface area contributed by atoms with E-state index < -0.39 is 71.2 Å². The summed E-state index contributed by atoms with van der Waals surface area (Å²) >= 11 is 0. The van der Waals surface area contributed by atoms with Crippen LogP contribution >= 0.6 is 0 Å². The van der Waals surface area contributed by atoms with Crippen LogP contribution < -0.4 is 10.9 Å². The van der Waals surface area contributed by atoms with Gasteiger partial charge in [-0.05, 0) is 47.9 Å². The fourth-order valence-electron chi connectivity index (χ4n) is 7.65. The molecule has 4 rings (SSSR count). The van der Waals surface area contributed by atoms with E-state index in [0.29, 0.717) is 22.3 Å². The predicted molar refractivity (Wildman–Crippen MR) is 226 cm³/mol. The van der Waals surface area contributed by atoms with Crippen molar-refractivity contribution in [3.05, 3.63) is 144 Å². The Morgan fingerprint density at radius 1 is 0.403 bits per heavy atom. The molecule has 0 aromatic heterocycles. The summed E-state index contributed by atoms with van der Waals surface area (Å²) in [6.07, 6.45) is -0.994. The Kier molecular flexibility index (Phi) is 19.2. The molecule has 8 N–H and O–H groups in total. The standard InChI is InChI=1S/C46H54N4O12/c51-25-23-49(24-26-52)21-22-50(47-41(53)39(35(43(55)56)27-31-13-5-1-6-14-31)36(44(57)58)28-32-15-7-2-8-16-32)48-42(54)40(37(45(59)60)29-33-17-9-3-10-18-33)38(46(61)62)30-34-19-11-4-12-20-34/h1-20,35-40,51-52H,21-30H2,(H,47,53)(H,48,54)(H,55,56)(H,57,58)(H,59,60)(H,61,62). The molecule has 0 saturated heterocycles. The van der Waals surface area contributed by atoms with Gasteiger partial charge in [0.05, 0.1) is 55.3 Å². The lowest BCUT2D eigenvalue weighted by Crippen LogP contribution is -2.60. The monoisotopic (exact) mass is 854 g/mol. The quantitative estimate of drug-likeness (QED) is 0.0402. The van der Waals surface area contributed by atoms with Gasteiger partial charge in [0.2, 0.25) is 11.8 Å². The van der Waals surface area contributed by atoms with Gasteiger partial charge in [-0.1, -0.05) is 121 Å². The van der Waals surface area contributed by atoms with Crippen molar-refractivity contribution in [1.82, 2.24) is 20.9 Å². The fraction of sp³-hybridized carbons (Fsp3) is 0.348. The van der Waals surface area contributed by atoms with Crippen LogP contribution in [-0.4, -0.2) is 116 Å². The third-order valence-corrected chi connectivity index (χ3v) is 10.8. The Morgan fingerprint density at radius 2 is 0.661 bits per heavy atom. The van der Waals surface area contributed by atoms with Crippen molar-refractivity contribution in [2.45, 2.75) is 25.7 Å². The number of amides is 2. The number of nitrogens with zero attached hydrogens (tertiary/aromatic N) is 2. The normalized spacial score (nSPS) is 14.2. The molecule has 0 bridgehead atoms. The summed E-state index contributed by atoms with van der Waals surface area (Å²) in [6, 6.07) is 33.4. The highest BCUT2D eigenvalue weighted by atomic mass is 16.4. The van der Waals surface area contributed by atoms with Gasteiger partial charge in [0.25, 0.3) is 0 Å². The molecule has 0 aliphatic carbocycles. The lowest BCUT2D eigenvalue weighted by atomic mass is 9.75. The number of aliphatic hydroxyl groups excluding tert-OH is 2. The largest absolute Gasteiger partial charge is 0.481 e. The van der Waals surface area contributed by atoms with Crippen molar-refractivity contribution >= 4 is 35.7 Å². The Balaban J connectivity index is 1.82. The highest BCUT2D eigenvalue weighted by molar-refractivity contribution is 5.91. The second-order valence-electron chi connectivity index (χ2n) is 15.0. The maximum Gasteiger partial charge on any atom is 0.307 e. The Bertz CT molecular complexity index is 1780. The highest BCUT2D eigenvalue weighted by Gasteiger charge is 2.46. The van der Waals surface area contributed by atoms with E-state index in [1.807, 2.05) is 0 Å². The number of carboxylic acid groups (broad SMARTS) is 4. The van der Waals surface area contributed by atoms with Gasteiger partial charge in [-0.25, -0.2) is 0 Å². The van der Waals surface area contributed by atoms with Gasteiger partial charge in [0.1, 0.15) is 0 Å². The molecule has 0 aliphatic heterocycles. The number of aliphatic hydroxyl groups is 2. The van der Waals surface area contributed by atoms with E-state index in [2.05, 4.69) is 10.9 Å².